The van der Waals surface area contributed by atoms with Crippen LogP contribution >= 0.6 is 0 Å². The Bertz CT molecular complexity index is 1430. The molecule has 1 aromatic heterocycles. The van der Waals surface area contributed by atoms with Crippen molar-refractivity contribution >= 4 is 33.2 Å². The highest BCUT2D eigenvalue weighted by Crippen LogP contribution is 2.24. The zero-order chi connectivity index (χ0) is 29.1. The molecule has 0 aliphatic carbocycles. The Morgan fingerprint density at radius 1 is 1.08 bits per heavy atom. The topological polar surface area (TPSA) is 108 Å². The number of benzene rings is 2. The van der Waals surface area contributed by atoms with Crippen LogP contribution in [0.15, 0.2) is 59.6 Å². The fourth-order valence-corrected chi connectivity index (χ4v) is 5.22. The first kappa shape index (κ1) is 22.9. The van der Waals surface area contributed by atoms with Crippen LogP contribution in [-0.2, 0) is 10.0 Å². The number of rotatable bonds is 10. The molecule has 2 atom stereocenters. The third-order valence-corrected chi connectivity index (χ3v) is 7.23. The fraction of sp³-hybridized carbons (Fsp3) is 0.407. The number of anilines is 4. The van der Waals surface area contributed by atoms with E-state index in [1.165, 1.54) is 12.1 Å². The van der Waals surface area contributed by atoms with Crippen LogP contribution < -0.4 is 20.1 Å². The van der Waals surface area contributed by atoms with Gasteiger partial charge in [0.1, 0.15) is 18.2 Å². The van der Waals surface area contributed by atoms with Gasteiger partial charge in [0.2, 0.25) is 16.0 Å². The van der Waals surface area contributed by atoms with Crippen LogP contribution in [0.2, 0.25) is 0 Å². The largest absolute Gasteiger partial charge is 0.492 e. The Balaban J connectivity index is 1.46. The highest BCUT2D eigenvalue weighted by atomic mass is 32.2. The van der Waals surface area contributed by atoms with Gasteiger partial charge in [0.05, 0.1) is 7.64 Å². The van der Waals surface area contributed by atoms with Gasteiger partial charge in [-0.2, -0.15) is 4.98 Å². The highest BCUT2D eigenvalue weighted by molar-refractivity contribution is 7.89. The van der Waals surface area contributed by atoms with Crippen molar-refractivity contribution < 1.29 is 17.3 Å². The quantitative estimate of drug-likeness (QED) is 0.344. The van der Waals surface area contributed by atoms with E-state index < -0.39 is 28.7 Å². The number of nitrogens with zero attached hydrogens (tertiary/aromatic N) is 3. The summed E-state index contributed by atoms with van der Waals surface area (Å²) in [4.78, 5) is 10.8. The van der Waals surface area contributed by atoms with E-state index in [1.807, 2.05) is 4.90 Å². The maximum absolute atomic E-state index is 12.8. The van der Waals surface area contributed by atoms with Gasteiger partial charge >= 0.3 is 0 Å². The molecule has 0 radical (unpaired) electrons. The average Bonchev–Trinajstić information content (AvgIpc) is 3.41. The van der Waals surface area contributed by atoms with E-state index in [1.54, 1.807) is 64.1 Å². The molecule has 3 aromatic rings. The number of ether oxygens (including phenoxy) is 1. The van der Waals surface area contributed by atoms with Crippen molar-refractivity contribution in [1.29, 1.82) is 0 Å². The molecule has 0 saturated carbocycles. The maximum atomic E-state index is 12.8. The van der Waals surface area contributed by atoms with E-state index in [9.17, 15) is 8.42 Å². The molecule has 4 rings (SSSR count). The number of likely N-dealkylation sites (tertiary alicyclic amines) is 1. The smallest absolute Gasteiger partial charge is 0.241 e. The van der Waals surface area contributed by atoms with Crippen LogP contribution in [0.25, 0.3) is 0 Å². The second kappa shape index (κ2) is 11.5. The third-order valence-electron chi connectivity index (χ3n) is 5.48. The van der Waals surface area contributed by atoms with Gasteiger partial charge in [-0.25, -0.2) is 18.1 Å². The fourth-order valence-electron chi connectivity index (χ4n) is 3.75. The molecule has 37 heavy (non-hydrogen) atoms. The lowest BCUT2D eigenvalue weighted by Gasteiger charge is -2.20. The minimum absolute atomic E-state index is 0.0126. The Hall–Kier alpha value is -3.21. The molecular formula is C27H36N6O3S. The van der Waals surface area contributed by atoms with Crippen LogP contribution in [-0.4, -0.2) is 55.0 Å². The monoisotopic (exact) mass is 527 g/mol. The lowest BCUT2D eigenvalue weighted by Crippen LogP contribution is -2.40. The number of hydrogen-bond acceptors (Lipinski definition) is 8. The molecule has 1 aliphatic rings. The maximum Gasteiger partial charge on any atom is 0.241 e. The summed E-state index contributed by atoms with van der Waals surface area (Å²) >= 11 is 0. The normalized spacial score (nSPS) is 17.4. The Kier molecular flexibility index (Phi) is 7.10. The molecule has 9 nitrogen and oxygen atoms in total. The van der Waals surface area contributed by atoms with E-state index in [0.717, 1.165) is 25.9 Å². The standard InChI is InChI=1S/C27H36N6O3S/c1-20-19-28-26(30-21-10-12-23(13-11-21)36-17-16-33-14-5-6-15-33)31-25(20)29-22-8-7-9-24(18-22)37(34,35)32-27(2,3)4/h7-13,18-19,32H,5-6,14-17H2,1-4H3,(H2,28,29,30,31)/i16D,17D,19D. The Morgan fingerprint density at radius 2 is 1.81 bits per heavy atom. The van der Waals surface area contributed by atoms with Crippen LogP contribution in [0.1, 0.15) is 43.3 Å². The summed E-state index contributed by atoms with van der Waals surface area (Å²) in [6, 6.07) is 13.3. The molecule has 1 aliphatic heterocycles. The highest BCUT2D eigenvalue weighted by Gasteiger charge is 2.22. The predicted octanol–water partition coefficient (Wildman–Crippen LogP) is 4.82. The van der Waals surface area contributed by atoms with Gasteiger partial charge in [-0.05, 0) is 96.1 Å². The molecule has 2 unspecified atom stereocenters. The van der Waals surface area contributed by atoms with Crippen molar-refractivity contribution in [3.8, 4) is 5.75 Å². The SMILES string of the molecule is [2H]c1nc(Nc2ccc(OC([2H])C([2H])N3CCCC3)cc2)nc(Nc2cccc(S(=O)(=O)NC(C)(C)C)c2)c1C. The molecule has 0 bridgehead atoms. The summed E-state index contributed by atoms with van der Waals surface area (Å²) in [5.41, 5.74) is 1.01. The lowest BCUT2D eigenvalue weighted by atomic mass is 10.1. The number of hydrogen-bond donors (Lipinski definition) is 3. The zero-order valence-corrected chi connectivity index (χ0v) is 22.4. The first-order chi connectivity index (χ1) is 18.8. The summed E-state index contributed by atoms with van der Waals surface area (Å²) < 4.78 is 58.6. The molecule has 3 N–H and O–H groups in total. The van der Waals surface area contributed by atoms with Crippen LogP contribution in [0.5, 0.6) is 5.75 Å². The van der Waals surface area contributed by atoms with Gasteiger partial charge in [-0.15, -0.1) is 0 Å². The summed E-state index contributed by atoms with van der Waals surface area (Å²) in [5, 5.41) is 6.18. The predicted molar refractivity (Wildman–Crippen MR) is 147 cm³/mol. The summed E-state index contributed by atoms with van der Waals surface area (Å²) in [5.74, 6) is 1.02. The first-order valence-electron chi connectivity index (χ1n) is 13.8. The number of sulfonamides is 1. The minimum atomic E-state index is -3.73. The van der Waals surface area contributed by atoms with Crippen LogP contribution in [0.3, 0.4) is 0 Å². The van der Waals surface area contributed by atoms with Gasteiger partial charge in [-0.3, -0.25) is 4.90 Å². The van der Waals surface area contributed by atoms with E-state index >= 15 is 0 Å². The van der Waals surface area contributed by atoms with Gasteiger partial charge in [-0.1, -0.05) is 6.07 Å². The van der Waals surface area contributed by atoms with Gasteiger partial charge in [0.15, 0.2) is 0 Å². The molecule has 2 aromatic carbocycles. The van der Waals surface area contributed by atoms with Gasteiger partial charge in [0, 0.05) is 36.5 Å². The number of aromatic nitrogens is 2. The van der Waals surface area contributed by atoms with Crippen LogP contribution in [0, 0.1) is 6.92 Å². The molecule has 10 heteroatoms. The van der Waals surface area contributed by atoms with E-state index in [4.69, 9.17) is 8.85 Å². The third kappa shape index (κ3) is 7.88. The minimum Gasteiger partial charge on any atom is -0.492 e. The van der Waals surface area contributed by atoms with Crippen LogP contribution in [0.4, 0.5) is 23.1 Å². The average molecular weight is 528 g/mol. The second-order valence-corrected chi connectivity index (χ2v) is 11.6. The summed E-state index contributed by atoms with van der Waals surface area (Å²) in [7, 11) is -3.73. The molecule has 2 heterocycles. The van der Waals surface area contributed by atoms with Gasteiger partial charge in [0.25, 0.3) is 0 Å². The molecule has 1 fully saturated rings. The molecule has 0 amide bonds. The van der Waals surface area contributed by atoms with Gasteiger partial charge < -0.3 is 15.4 Å². The summed E-state index contributed by atoms with van der Waals surface area (Å²) in [6.07, 6.45) is 2.10. The Morgan fingerprint density at radius 3 is 2.51 bits per heavy atom. The van der Waals surface area contributed by atoms with E-state index in [-0.39, 0.29) is 17.0 Å². The van der Waals surface area contributed by atoms with Crippen molar-refractivity contribution in [2.24, 2.45) is 0 Å². The van der Waals surface area contributed by atoms with Crippen molar-refractivity contribution in [3.63, 3.8) is 0 Å². The molecule has 0 spiro atoms. The van der Waals surface area contributed by atoms with Crippen molar-refractivity contribution in [2.75, 3.05) is 36.8 Å². The molecule has 1 saturated heterocycles. The number of nitrogens with one attached hydrogen (secondary N) is 3. The first-order valence-corrected chi connectivity index (χ1v) is 13.7. The van der Waals surface area contributed by atoms with Crippen molar-refractivity contribution in [2.45, 2.75) is 51.0 Å². The molecular weight excluding hydrogens is 488 g/mol. The summed E-state index contributed by atoms with van der Waals surface area (Å²) in [6.45, 7) is 6.91. The lowest BCUT2D eigenvalue weighted by molar-refractivity contribution is 0.238. The zero-order valence-electron chi connectivity index (χ0n) is 24.6. The second-order valence-electron chi connectivity index (χ2n) is 9.94. The van der Waals surface area contributed by atoms with E-state index in [2.05, 4.69) is 25.3 Å². The van der Waals surface area contributed by atoms with E-state index in [0.29, 0.717) is 28.5 Å². The van der Waals surface area contributed by atoms with Crippen molar-refractivity contribution in [3.05, 3.63) is 60.3 Å². The van der Waals surface area contributed by atoms with Crippen molar-refractivity contribution in [1.82, 2.24) is 19.6 Å². The Labute approximate surface area is 223 Å². The molecule has 198 valence electrons.